The van der Waals surface area contributed by atoms with Crippen LogP contribution in [0, 0.1) is 17.8 Å². The van der Waals surface area contributed by atoms with Gasteiger partial charge in [-0.15, -0.1) is 10.2 Å². The average Bonchev–Trinajstić information content (AvgIpc) is 3.18. The Kier molecular flexibility index (Phi) is 4.91. The summed E-state index contributed by atoms with van der Waals surface area (Å²) < 4.78 is 2.09. The standard InChI is InChI=1S/C24H31N7O3/c1-3-14-10-16(30-9-7-18(15-4-5-15)24(30,23(33)34)27-13(2)32)11-17(14)22-29-28-20-12-26-21-19(31(20)22)6-8-25-21/h6,8,12,14-18,25H,3-5,7,9-11H2,1-2H3,(H,27,32)(H,33,34)/t14-,16+,17+,18?,24+/m1/s1. The van der Waals surface area contributed by atoms with Crippen molar-refractivity contribution in [2.45, 2.75) is 70.0 Å². The molecule has 10 heteroatoms. The van der Waals surface area contributed by atoms with Crippen LogP contribution in [0.2, 0.25) is 0 Å². The van der Waals surface area contributed by atoms with E-state index in [4.69, 9.17) is 0 Å². The summed E-state index contributed by atoms with van der Waals surface area (Å²) in [6.07, 6.45) is 9.14. The minimum Gasteiger partial charge on any atom is -0.478 e. The van der Waals surface area contributed by atoms with Gasteiger partial charge in [-0.2, -0.15) is 0 Å². The Morgan fingerprint density at radius 1 is 1.26 bits per heavy atom. The lowest BCUT2D eigenvalue weighted by molar-refractivity contribution is -0.160. The summed E-state index contributed by atoms with van der Waals surface area (Å²) in [5.41, 5.74) is 1.13. The summed E-state index contributed by atoms with van der Waals surface area (Å²) in [5.74, 6) is 0.524. The maximum absolute atomic E-state index is 12.8. The van der Waals surface area contributed by atoms with Crippen LogP contribution < -0.4 is 5.32 Å². The SMILES string of the molecule is CC[C@@H]1C[C@H](N2CCC(C3CC3)[C@@]2(NC(C)=O)C(=O)O)C[C@@H]1c1nnc2cnc3[nH]ccc3n12. The average molecular weight is 466 g/mol. The van der Waals surface area contributed by atoms with E-state index >= 15 is 0 Å². The van der Waals surface area contributed by atoms with E-state index in [0.29, 0.717) is 24.0 Å². The quantitative estimate of drug-likeness (QED) is 0.510. The summed E-state index contributed by atoms with van der Waals surface area (Å²) in [4.78, 5) is 34.8. The van der Waals surface area contributed by atoms with Crippen molar-refractivity contribution in [3.8, 4) is 0 Å². The van der Waals surface area contributed by atoms with E-state index in [1.54, 1.807) is 6.20 Å². The van der Waals surface area contributed by atoms with Crippen LogP contribution in [0.3, 0.4) is 0 Å². The van der Waals surface area contributed by atoms with Gasteiger partial charge in [-0.1, -0.05) is 13.3 Å². The van der Waals surface area contributed by atoms with Crippen LogP contribution >= 0.6 is 0 Å². The third-order valence-corrected chi connectivity index (χ3v) is 8.49. The molecule has 1 aliphatic heterocycles. The molecule has 2 aliphatic carbocycles. The third-order valence-electron chi connectivity index (χ3n) is 8.49. The number of hydrogen-bond acceptors (Lipinski definition) is 6. The molecular weight excluding hydrogens is 434 g/mol. The Labute approximate surface area is 197 Å². The molecule has 34 heavy (non-hydrogen) atoms. The molecule has 0 spiro atoms. The molecular formula is C24H31N7O3. The van der Waals surface area contributed by atoms with Crippen molar-refractivity contribution in [1.29, 1.82) is 0 Å². The van der Waals surface area contributed by atoms with Crippen molar-refractivity contribution >= 4 is 28.7 Å². The number of nitrogens with one attached hydrogen (secondary N) is 2. The summed E-state index contributed by atoms with van der Waals surface area (Å²) in [6.45, 7) is 4.30. The number of aromatic amines is 1. The predicted octanol–water partition coefficient (Wildman–Crippen LogP) is 2.53. The number of hydrogen-bond donors (Lipinski definition) is 3. The van der Waals surface area contributed by atoms with E-state index in [1.165, 1.54) is 6.92 Å². The zero-order valence-corrected chi connectivity index (χ0v) is 19.6. The molecule has 1 amide bonds. The lowest BCUT2D eigenvalue weighted by Crippen LogP contribution is -2.67. The van der Waals surface area contributed by atoms with Gasteiger partial charge in [0, 0.05) is 37.5 Å². The van der Waals surface area contributed by atoms with E-state index in [1.807, 2.05) is 12.3 Å². The number of carbonyl (C=O) groups is 2. The number of carboxylic acids is 1. The molecule has 0 aromatic carbocycles. The molecule has 0 bridgehead atoms. The first kappa shape index (κ1) is 21.5. The first-order chi connectivity index (χ1) is 16.4. The predicted molar refractivity (Wildman–Crippen MR) is 124 cm³/mol. The fourth-order valence-electron chi connectivity index (χ4n) is 6.95. The lowest BCUT2D eigenvalue weighted by atomic mass is 9.87. The molecule has 2 saturated carbocycles. The van der Waals surface area contributed by atoms with Crippen LogP contribution in [0.1, 0.15) is 64.1 Å². The van der Waals surface area contributed by atoms with E-state index < -0.39 is 11.6 Å². The highest BCUT2D eigenvalue weighted by Gasteiger charge is 2.62. The van der Waals surface area contributed by atoms with Crippen molar-refractivity contribution in [2.24, 2.45) is 17.8 Å². The van der Waals surface area contributed by atoms with Gasteiger partial charge in [-0.25, -0.2) is 9.78 Å². The molecule has 3 aliphatic rings. The fraction of sp³-hybridized carbons (Fsp3) is 0.625. The highest BCUT2D eigenvalue weighted by atomic mass is 16.4. The lowest BCUT2D eigenvalue weighted by Gasteiger charge is -2.42. The van der Waals surface area contributed by atoms with Crippen molar-refractivity contribution in [3.05, 3.63) is 24.3 Å². The van der Waals surface area contributed by atoms with Gasteiger partial charge in [-0.3, -0.25) is 14.1 Å². The Bertz CT molecular complexity index is 1260. The number of aromatic nitrogens is 5. The molecule has 10 nitrogen and oxygen atoms in total. The number of aliphatic carboxylic acids is 1. The van der Waals surface area contributed by atoms with Gasteiger partial charge in [0.1, 0.15) is 5.82 Å². The molecule has 1 saturated heterocycles. The Morgan fingerprint density at radius 3 is 2.79 bits per heavy atom. The van der Waals surface area contributed by atoms with Crippen LogP contribution in [-0.4, -0.2) is 64.7 Å². The van der Waals surface area contributed by atoms with Gasteiger partial charge in [-0.05, 0) is 50.0 Å². The zero-order valence-electron chi connectivity index (χ0n) is 19.6. The minimum atomic E-state index is -1.32. The van der Waals surface area contributed by atoms with E-state index in [-0.39, 0.29) is 23.8 Å². The van der Waals surface area contributed by atoms with Gasteiger partial charge < -0.3 is 15.4 Å². The molecule has 0 radical (unpaired) electrons. The second-order valence-electron chi connectivity index (χ2n) is 10.3. The zero-order chi connectivity index (χ0) is 23.6. The Balaban J connectivity index is 1.38. The monoisotopic (exact) mass is 465 g/mol. The van der Waals surface area contributed by atoms with Crippen molar-refractivity contribution < 1.29 is 14.7 Å². The number of carboxylic acid groups (broad SMARTS) is 1. The van der Waals surface area contributed by atoms with Crippen molar-refractivity contribution in [3.63, 3.8) is 0 Å². The van der Waals surface area contributed by atoms with Crippen LogP contribution in [0.15, 0.2) is 18.5 Å². The van der Waals surface area contributed by atoms with Gasteiger partial charge in [0.25, 0.3) is 0 Å². The first-order valence-electron chi connectivity index (χ1n) is 12.4. The van der Waals surface area contributed by atoms with Crippen molar-refractivity contribution in [1.82, 2.24) is 34.8 Å². The molecule has 4 heterocycles. The fourth-order valence-corrected chi connectivity index (χ4v) is 6.95. The normalized spacial score (nSPS) is 32.1. The van der Waals surface area contributed by atoms with E-state index in [2.05, 4.69) is 41.7 Å². The van der Waals surface area contributed by atoms with Crippen LogP contribution in [-0.2, 0) is 9.59 Å². The van der Waals surface area contributed by atoms with E-state index in [9.17, 15) is 14.7 Å². The third kappa shape index (κ3) is 3.07. The minimum absolute atomic E-state index is 0.0486. The number of likely N-dealkylation sites (tertiary alicyclic amines) is 1. The second-order valence-corrected chi connectivity index (χ2v) is 10.3. The molecule has 3 aromatic rings. The number of H-pyrrole nitrogens is 1. The molecule has 6 rings (SSSR count). The number of amides is 1. The highest BCUT2D eigenvalue weighted by Crippen LogP contribution is 2.52. The first-order valence-corrected chi connectivity index (χ1v) is 12.4. The van der Waals surface area contributed by atoms with Crippen LogP contribution in [0.5, 0.6) is 0 Å². The van der Waals surface area contributed by atoms with Crippen LogP contribution in [0.4, 0.5) is 0 Å². The topological polar surface area (TPSA) is 129 Å². The smallest absolute Gasteiger partial charge is 0.345 e. The molecule has 5 atom stereocenters. The second kappa shape index (κ2) is 7.76. The summed E-state index contributed by atoms with van der Waals surface area (Å²) in [7, 11) is 0. The maximum Gasteiger partial charge on any atom is 0.345 e. The van der Waals surface area contributed by atoms with Gasteiger partial charge in [0.2, 0.25) is 5.91 Å². The summed E-state index contributed by atoms with van der Waals surface area (Å²) in [6, 6.07) is 2.04. The number of nitrogens with zero attached hydrogens (tertiary/aromatic N) is 5. The van der Waals surface area contributed by atoms with E-state index in [0.717, 1.165) is 55.5 Å². The van der Waals surface area contributed by atoms with Gasteiger partial charge in [0.05, 0.1) is 11.7 Å². The number of carbonyl (C=O) groups excluding carboxylic acids is 1. The molecule has 3 fully saturated rings. The molecule has 1 unspecified atom stereocenters. The summed E-state index contributed by atoms with van der Waals surface area (Å²) in [5, 5.41) is 22.4. The van der Waals surface area contributed by atoms with Crippen molar-refractivity contribution in [2.75, 3.05) is 6.54 Å². The number of fused-ring (bicyclic) bond motifs is 3. The largest absolute Gasteiger partial charge is 0.478 e. The molecule has 180 valence electrons. The Morgan fingerprint density at radius 2 is 2.09 bits per heavy atom. The highest BCUT2D eigenvalue weighted by molar-refractivity contribution is 5.86. The van der Waals surface area contributed by atoms with Gasteiger partial charge >= 0.3 is 5.97 Å². The maximum atomic E-state index is 12.8. The molecule has 3 N–H and O–H groups in total. The van der Waals surface area contributed by atoms with Gasteiger partial charge in [0.15, 0.2) is 17.0 Å². The number of rotatable bonds is 6. The Hall–Kier alpha value is -3.01. The van der Waals surface area contributed by atoms with Crippen LogP contribution in [0.25, 0.3) is 16.8 Å². The molecule has 3 aromatic heterocycles. The summed E-state index contributed by atoms with van der Waals surface area (Å²) >= 11 is 0.